The van der Waals surface area contributed by atoms with Crippen LogP contribution in [0.15, 0.2) is 77.8 Å². The zero-order valence-corrected chi connectivity index (χ0v) is 14.8. The van der Waals surface area contributed by atoms with Crippen LogP contribution in [0.4, 0.5) is 4.39 Å². The largest absolute Gasteiger partial charge is 0.463 e. The molecule has 2 aromatic carbocycles. The third-order valence-corrected chi connectivity index (χ3v) is 4.77. The molecule has 0 aliphatic rings. The first-order valence-electron chi connectivity index (χ1n) is 8.10. The third kappa shape index (κ3) is 3.63. The van der Waals surface area contributed by atoms with E-state index in [1.807, 2.05) is 30.3 Å². The molecule has 0 amide bonds. The van der Waals surface area contributed by atoms with E-state index in [0.717, 1.165) is 32.2 Å². The van der Waals surface area contributed by atoms with E-state index in [0.29, 0.717) is 11.3 Å². The first kappa shape index (κ1) is 17.1. The Morgan fingerprint density at radius 1 is 1.04 bits per heavy atom. The van der Waals surface area contributed by atoms with E-state index in [-0.39, 0.29) is 16.5 Å². The summed E-state index contributed by atoms with van der Waals surface area (Å²) in [6.45, 7) is 0. The number of fused-ring (bicyclic) bond motifs is 1. The monoisotopic (exact) mass is 374 g/mol. The van der Waals surface area contributed by atoms with Crippen LogP contribution < -0.4 is 5.49 Å². The van der Waals surface area contributed by atoms with Crippen molar-refractivity contribution in [1.29, 1.82) is 5.41 Å². The fourth-order valence-corrected chi connectivity index (χ4v) is 3.41. The molecule has 2 heterocycles. The van der Waals surface area contributed by atoms with Crippen LogP contribution in [0.5, 0.6) is 0 Å². The number of rotatable bonds is 2. The van der Waals surface area contributed by atoms with E-state index in [4.69, 9.17) is 5.41 Å². The van der Waals surface area contributed by atoms with Crippen LogP contribution >= 0.6 is 11.8 Å². The van der Waals surface area contributed by atoms with Crippen LogP contribution in [0.3, 0.4) is 0 Å². The minimum atomic E-state index is -0.372. The summed E-state index contributed by atoms with van der Waals surface area (Å²) >= 11 is 1.15. The van der Waals surface area contributed by atoms with Gasteiger partial charge in [0.2, 0.25) is 0 Å². The van der Waals surface area contributed by atoms with E-state index in [9.17, 15) is 9.80 Å². The number of halogens is 1. The van der Waals surface area contributed by atoms with Crippen LogP contribution in [0.25, 0.3) is 27.6 Å². The Hall–Kier alpha value is -3.32. The molecule has 0 bridgehead atoms. The number of hydrogen-bond donors (Lipinski definition) is 1. The van der Waals surface area contributed by atoms with E-state index in [2.05, 4.69) is 10.1 Å². The number of aromatic nitrogens is 3. The van der Waals surface area contributed by atoms with Crippen molar-refractivity contribution in [2.75, 3.05) is 0 Å². The van der Waals surface area contributed by atoms with Crippen molar-refractivity contribution in [3.63, 3.8) is 0 Å². The van der Waals surface area contributed by atoms with Gasteiger partial charge in [0, 0.05) is 22.0 Å². The number of benzene rings is 2. The van der Waals surface area contributed by atoms with E-state index >= 15 is 0 Å². The third-order valence-electron chi connectivity index (χ3n) is 3.92. The van der Waals surface area contributed by atoms with Crippen LogP contribution in [0, 0.1) is 11.2 Å². The lowest BCUT2D eigenvalue weighted by Crippen LogP contribution is -2.26. The highest BCUT2D eigenvalue weighted by molar-refractivity contribution is 8.13. The molecule has 0 saturated heterocycles. The summed E-state index contributed by atoms with van der Waals surface area (Å²) in [4.78, 5) is 5.10. The second kappa shape index (κ2) is 7.13. The van der Waals surface area contributed by atoms with E-state index in [1.165, 1.54) is 18.2 Å². The Balaban J connectivity index is 1.66. The van der Waals surface area contributed by atoms with Gasteiger partial charge in [-0.3, -0.25) is 15.5 Å². The van der Waals surface area contributed by atoms with Gasteiger partial charge in [-0.05, 0) is 48.0 Å². The Morgan fingerprint density at radius 3 is 2.78 bits per heavy atom. The molecule has 7 heteroatoms. The normalized spacial score (nSPS) is 10.9. The first-order chi connectivity index (χ1) is 13.1. The maximum Gasteiger partial charge on any atom is 0.123 e. The Kier molecular flexibility index (Phi) is 4.52. The second-order valence-corrected chi connectivity index (χ2v) is 6.83. The molecular weight excluding hydrogens is 361 g/mol. The zero-order valence-electron chi connectivity index (χ0n) is 14.0. The molecule has 0 unspecified atom stereocenters. The molecular formula is C20H13FN5S-. The second-order valence-electron chi connectivity index (χ2n) is 5.76. The van der Waals surface area contributed by atoms with Crippen molar-refractivity contribution in [2.24, 2.45) is 0 Å². The SMILES string of the molecule is [N-]=c1ccc(-c2cccc(F)c2)nn1C(=N)Sc1ccc2ncccc2c1. The smallest absolute Gasteiger partial charge is 0.123 e. The minimum absolute atomic E-state index is 0.0222. The number of thioether (sulfide) groups is 1. The van der Waals surface area contributed by atoms with E-state index in [1.54, 1.807) is 24.4 Å². The molecule has 0 spiro atoms. The van der Waals surface area contributed by atoms with Crippen molar-refractivity contribution in [3.8, 4) is 11.3 Å². The Morgan fingerprint density at radius 2 is 1.93 bits per heavy atom. The van der Waals surface area contributed by atoms with Gasteiger partial charge in [0.25, 0.3) is 0 Å². The molecule has 0 aliphatic heterocycles. The van der Waals surface area contributed by atoms with Gasteiger partial charge in [-0.15, -0.1) is 0 Å². The van der Waals surface area contributed by atoms with Gasteiger partial charge in [-0.25, -0.2) is 4.39 Å². The van der Waals surface area contributed by atoms with Crippen LogP contribution in [0.1, 0.15) is 0 Å². The Bertz CT molecular complexity index is 1220. The van der Waals surface area contributed by atoms with Crippen molar-refractivity contribution >= 4 is 27.8 Å². The van der Waals surface area contributed by atoms with Crippen LogP contribution in [-0.2, 0) is 0 Å². The summed E-state index contributed by atoms with van der Waals surface area (Å²) in [6.07, 6.45) is 1.73. The first-order valence-corrected chi connectivity index (χ1v) is 8.92. The predicted octanol–water partition coefficient (Wildman–Crippen LogP) is 4.28. The van der Waals surface area contributed by atoms with Gasteiger partial charge in [-0.1, -0.05) is 36.0 Å². The number of hydrogen-bond acceptors (Lipinski definition) is 4. The molecule has 0 radical (unpaired) electrons. The standard InChI is InChI=1S/C20H13FN5S/c21-15-5-1-3-13(11-15)18-8-9-19(22)26(25-18)20(23)27-16-6-7-17-14(12-16)4-2-10-24-17/h1-12,23H/q-1. The molecule has 4 aromatic rings. The maximum absolute atomic E-state index is 13.5. The molecule has 27 heavy (non-hydrogen) atoms. The highest BCUT2D eigenvalue weighted by atomic mass is 32.2. The summed E-state index contributed by atoms with van der Waals surface area (Å²) in [7, 11) is 0. The molecule has 0 atom stereocenters. The zero-order chi connectivity index (χ0) is 18.8. The van der Waals surface area contributed by atoms with Gasteiger partial charge in [0.15, 0.2) is 0 Å². The van der Waals surface area contributed by atoms with E-state index < -0.39 is 0 Å². The van der Waals surface area contributed by atoms with Gasteiger partial charge in [-0.2, -0.15) is 0 Å². The molecule has 5 nitrogen and oxygen atoms in total. The summed E-state index contributed by atoms with van der Waals surface area (Å²) in [5, 5.41) is 23.7. The highest BCUT2D eigenvalue weighted by Gasteiger charge is 2.04. The molecule has 132 valence electrons. The minimum Gasteiger partial charge on any atom is -0.463 e. The molecule has 4 rings (SSSR count). The lowest BCUT2D eigenvalue weighted by Gasteiger charge is -2.17. The predicted molar refractivity (Wildman–Crippen MR) is 105 cm³/mol. The van der Waals surface area contributed by atoms with Crippen LogP contribution in [-0.4, -0.2) is 19.9 Å². The topological polar surface area (TPSA) is 76.9 Å². The lowest BCUT2D eigenvalue weighted by atomic mass is 10.1. The number of pyridine rings is 1. The van der Waals surface area contributed by atoms with Gasteiger partial charge < -0.3 is 10.1 Å². The van der Waals surface area contributed by atoms with Crippen molar-refractivity contribution < 1.29 is 4.39 Å². The molecule has 0 saturated carbocycles. The Labute approximate surface area is 158 Å². The molecule has 0 fully saturated rings. The lowest BCUT2D eigenvalue weighted by molar-refractivity contribution is 0.628. The number of nitrogens with zero attached hydrogens (tertiary/aromatic N) is 4. The summed E-state index contributed by atoms with van der Waals surface area (Å²) in [5.41, 5.74) is 1.73. The van der Waals surface area contributed by atoms with Crippen LogP contribution in [0.2, 0.25) is 0 Å². The van der Waals surface area contributed by atoms with Crippen molar-refractivity contribution in [2.45, 2.75) is 4.90 Å². The highest BCUT2D eigenvalue weighted by Crippen LogP contribution is 2.24. The molecule has 1 N–H and O–H groups in total. The van der Waals surface area contributed by atoms with Gasteiger partial charge in [0.05, 0.1) is 16.4 Å². The summed E-state index contributed by atoms with van der Waals surface area (Å²) in [5.74, 6) is -0.372. The van der Waals surface area contributed by atoms with Crippen molar-refractivity contribution in [1.82, 2.24) is 14.8 Å². The van der Waals surface area contributed by atoms with Gasteiger partial charge in [0.1, 0.15) is 5.82 Å². The number of nitrogens with one attached hydrogen (secondary N) is 1. The fourth-order valence-electron chi connectivity index (χ4n) is 2.64. The summed E-state index contributed by atoms with van der Waals surface area (Å²) in [6, 6.07) is 18.5. The van der Waals surface area contributed by atoms with Gasteiger partial charge >= 0.3 is 0 Å². The quantitative estimate of drug-likeness (QED) is 0.323. The molecule has 2 aromatic heterocycles. The maximum atomic E-state index is 13.5. The fraction of sp³-hybridized carbons (Fsp3) is 0. The average molecular weight is 374 g/mol. The molecule has 0 aliphatic carbocycles. The van der Waals surface area contributed by atoms with Crippen molar-refractivity contribution in [3.05, 3.63) is 89.6 Å². The average Bonchev–Trinajstić information content (AvgIpc) is 2.68. The summed E-state index contributed by atoms with van der Waals surface area (Å²) < 4.78 is 14.6.